The van der Waals surface area contributed by atoms with Gasteiger partial charge in [-0.25, -0.2) is 0 Å². The molecule has 3 aromatic heterocycles. The van der Waals surface area contributed by atoms with Gasteiger partial charge in [-0.05, 0) is 117 Å². The van der Waals surface area contributed by atoms with Gasteiger partial charge in [0.2, 0.25) is 0 Å². The maximum atomic E-state index is 6.64. The van der Waals surface area contributed by atoms with Crippen molar-refractivity contribution in [1.82, 2.24) is 0 Å². The van der Waals surface area contributed by atoms with E-state index in [1.807, 2.05) is 24.3 Å². The van der Waals surface area contributed by atoms with Crippen molar-refractivity contribution in [1.29, 1.82) is 0 Å². The van der Waals surface area contributed by atoms with Crippen molar-refractivity contribution in [3.05, 3.63) is 200 Å². The van der Waals surface area contributed by atoms with Crippen LogP contribution in [0.25, 0.3) is 110 Å². The van der Waals surface area contributed by atoms with Crippen molar-refractivity contribution in [3.63, 3.8) is 0 Å². The molecule has 280 valence electrons. The lowest BCUT2D eigenvalue weighted by Gasteiger charge is -2.26. The number of hydrogen-bond donors (Lipinski definition) is 0. The molecule has 10 aromatic carbocycles. The molecule has 0 bridgehead atoms. The van der Waals surface area contributed by atoms with Crippen LogP contribution in [0.15, 0.2) is 213 Å². The molecule has 0 radical (unpaired) electrons. The number of anilines is 3. The molecule has 0 N–H and O–H groups in total. The Morgan fingerprint density at radius 2 is 0.833 bits per heavy atom. The van der Waals surface area contributed by atoms with Gasteiger partial charge < -0.3 is 18.2 Å². The van der Waals surface area contributed by atoms with Crippen LogP contribution in [-0.4, -0.2) is 0 Å². The zero-order chi connectivity index (χ0) is 39.3. The molecule has 0 aliphatic heterocycles. The average Bonchev–Trinajstić information content (AvgIpc) is 3.99. The zero-order valence-corrected chi connectivity index (χ0v) is 32.2. The first-order chi connectivity index (χ1) is 29.7. The van der Waals surface area contributed by atoms with Crippen LogP contribution >= 0.6 is 0 Å². The molecule has 4 heteroatoms. The third-order valence-electron chi connectivity index (χ3n) is 12.2. The smallest absolute Gasteiger partial charge is 0.143 e. The highest BCUT2D eigenvalue weighted by atomic mass is 16.3. The molecule has 0 saturated heterocycles. The molecule has 0 amide bonds. The van der Waals surface area contributed by atoms with Crippen molar-refractivity contribution in [2.75, 3.05) is 4.90 Å². The Balaban J connectivity index is 0.950. The van der Waals surface area contributed by atoms with Crippen LogP contribution in [0.2, 0.25) is 0 Å². The van der Waals surface area contributed by atoms with Gasteiger partial charge in [-0.3, -0.25) is 0 Å². The van der Waals surface area contributed by atoms with Crippen LogP contribution in [0.1, 0.15) is 0 Å². The van der Waals surface area contributed by atoms with E-state index in [1.165, 1.54) is 16.5 Å². The highest BCUT2D eigenvalue weighted by Crippen LogP contribution is 2.44. The zero-order valence-electron chi connectivity index (χ0n) is 32.2. The van der Waals surface area contributed by atoms with E-state index in [0.717, 1.165) is 110 Å². The number of hydrogen-bond acceptors (Lipinski definition) is 4. The van der Waals surface area contributed by atoms with E-state index in [9.17, 15) is 0 Å². The largest absolute Gasteiger partial charge is 0.456 e. The van der Waals surface area contributed by atoms with Gasteiger partial charge in [-0.15, -0.1) is 0 Å². The number of furan rings is 3. The summed E-state index contributed by atoms with van der Waals surface area (Å²) in [4.78, 5) is 2.33. The second-order valence-electron chi connectivity index (χ2n) is 15.7. The van der Waals surface area contributed by atoms with E-state index in [4.69, 9.17) is 13.3 Å². The molecule has 3 heterocycles. The number of rotatable bonds is 5. The minimum atomic E-state index is 0.847. The molecule has 0 fully saturated rings. The van der Waals surface area contributed by atoms with Gasteiger partial charge in [0, 0.05) is 54.9 Å². The summed E-state index contributed by atoms with van der Waals surface area (Å²) in [6.45, 7) is 0. The van der Waals surface area contributed by atoms with Gasteiger partial charge in [-0.2, -0.15) is 0 Å². The number of benzene rings is 10. The van der Waals surface area contributed by atoms with E-state index in [2.05, 4.69) is 181 Å². The minimum Gasteiger partial charge on any atom is -0.456 e. The van der Waals surface area contributed by atoms with E-state index in [1.54, 1.807) is 0 Å². The molecule has 13 rings (SSSR count). The molecule has 0 saturated carbocycles. The van der Waals surface area contributed by atoms with E-state index in [0.29, 0.717) is 0 Å². The van der Waals surface area contributed by atoms with Crippen molar-refractivity contribution in [2.24, 2.45) is 0 Å². The summed E-state index contributed by atoms with van der Waals surface area (Å²) in [5, 5.41) is 11.2. The van der Waals surface area contributed by atoms with Crippen LogP contribution in [0.3, 0.4) is 0 Å². The van der Waals surface area contributed by atoms with E-state index >= 15 is 0 Å². The van der Waals surface area contributed by atoms with Crippen molar-refractivity contribution in [2.45, 2.75) is 0 Å². The Morgan fingerprint density at radius 1 is 0.283 bits per heavy atom. The van der Waals surface area contributed by atoms with Gasteiger partial charge >= 0.3 is 0 Å². The Labute approximate surface area is 343 Å². The molecule has 0 unspecified atom stereocenters. The van der Waals surface area contributed by atoms with Gasteiger partial charge in [0.1, 0.15) is 33.5 Å². The van der Waals surface area contributed by atoms with Crippen LogP contribution < -0.4 is 4.90 Å². The summed E-state index contributed by atoms with van der Waals surface area (Å²) in [6, 6.07) is 70.9. The lowest BCUT2D eigenvalue weighted by molar-refractivity contribution is 0.663. The summed E-state index contributed by atoms with van der Waals surface area (Å²) in [5.41, 5.74) is 12.9. The fourth-order valence-electron chi connectivity index (χ4n) is 9.33. The van der Waals surface area contributed by atoms with Crippen molar-refractivity contribution in [3.8, 4) is 22.3 Å². The summed E-state index contributed by atoms with van der Waals surface area (Å²) in [5.74, 6) is 0. The number of para-hydroxylation sites is 2. The normalized spacial score (nSPS) is 12.0. The van der Waals surface area contributed by atoms with Gasteiger partial charge in [0.15, 0.2) is 0 Å². The van der Waals surface area contributed by atoms with E-state index in [-0.39, 0.29) is 0 Å². The van der Waals surface area contributed by atoms with Crippen LogP contribution in [-0.2, 0) is 0 Å². The van der Waals surface area contributed by atoms with Crippen LogP contribution in [0.5, 0.6) is 0 Å². The molecular weight excluding hydrogens is 735 g/mol. The Kier molecular flexibility index (Phi) is 6.98. The topological polar surface area (TPSA) is 42.7 Å². The van der Waals surface area contributed by atoms with Crippen molar-refractivity contribution < 1.29 is 13.3 Å². The van der Waals surface area contributed by atoms with Crippen LogP contribution in [0.4, 0.5) is 17.1 Å². The second kappa shape index (κ2) is 12.7. The third kappa shape index (κ3) is 5.04. The monoisotopic (exact) mass is 767 g/mol. The first kappa shape index (κ1) is 32.9. The Morgan fingerprint density at radius 3 is 1.55 bits per heavy atom. The van der Waals surface area contributed by atoms with Gasteiger partial charge in [0.25, 0.3) is 0 Å². The van der Waals surface area contributed by atoms with Crippen molar-refractivity contribution >= 4 is 104 Å². The lowest BCUT2D eigenvalue weighted by Crippen LogP contribution is -2.09. The Bertz CT molecular complexity index is 3820. The van der Waals surface area contributed by atoms with Gasteiger partial charge in [-0.1, -0.05) is 121 Å². The predicted octanol–water partition coefficient (Wildman–Crippen LogP) is 16.5. The molecule has 13 aromatic rings. The molecule has 0 spiro atoms. The minimum absolute atomic E-state index is 0.847. The summed E-state index contributed by atoms with van der Waals surface area (Å²) >= 11 is 0. The third-order valence-corrected chi connectivity index (χ3v) is 12.2. The fraction of sp³-hybridized carbons (Fsp3) is 0. The standard InChI is InChI=1S/C56H33NO3/c1-2-9-34(10-3-1)35-17-22-41(23-18-35)57(42-24-19-36(20-25-42)44-14-8-15-46-45-13-6-7-16-49(45)60-56(44)46)43-26-21-39-31-48-53(33-40(39)29-43)59-51-28-27-50-54(55(48)51)47-30-37-11-4-5-12-38(37)32-52(47)58-50/h1-33H. The molecular formula is C56H33NO3. The molecule has 4 nitrogen and oxygen atoms in total. The summed E-state index contributed by atoms with van der Waals surface area (Å²) in [6.07, 6.45) is 0. The second-order valence-corrected chi connectivity index (χ2v) is 15.7. The molecule has 0 atom stereocenters. The first-order valence-electron chi connectivity index (χ1n) is 20.3. The van der Waals surface area contributed by atoms with Crippen LogP contribution in [0, 0.1) is 0 Å². The molecule has 0 aliphatic carbocycles. The SMILES string of the molecule is c1ccc(-c2ccc(N(c3ccc(-c4cccc5c4oc4ccccc45)cc3)c3ccc4cc5c(cc4c3)oc3ccc4oc6cc7ccccc7cc6c4c35)cc2)cc1. The Hall–Kier alpha value is -8.08. The number of fused-ring (bicyclic) bond motifs is 12. The maximum absolute atomic E-state index is 6.64. The highest BCUT2D eigenvalue weighted by molar-refractivity contribution is 6.27. The summed E-state index contributed by atoms with van der Waals surface area (Å²) in [7, 11) is 0. The molecule has 0 aliphatic rings. The maximum Gasteiger partial charge on any atom is 0.143 e. The average molecular weight is 768 g/mol. The summed E-state index contributed by atoms with van der Waals surface area (Å²) < 4.78 is 19.5. The lowest BCUT2D eigenvalue weighted by atomic mass is 10.00. The predicted molar refractivity (Wildman–Crippen MR) is 249 cm³/mol. The highest BCUT2D eigenvalue weighted by Gasteiger charge is 2.20. The first-order valence-corrected chi connectivity index (χ1v) is 20.3. The number of nitrogens with zero attached hydrogens (tertiary/aromatic N) is 1. The van der Waals surface area contributed by atoms with E-state index < -0.39 is 0 Å². The van der Waals surface area contributed by atoms with Gasteiger partial charge in [0.05, 0.1) is 0 Å². The molecule has 60 heavy (non-hydrogen) atoms. The fourth-order valence-corrected chi connectivity index (χ4v) is 9.33. The quantitative estimate of drug-likeness (QED) is 0.175.